The maximum Gasteiger partial charge on any atom is 0.0572 e. The molecule has 1 unspecified atom stereocenters. The van der Waals surface area contributed by atoms with E-state index in [-0.39, 0.29) is 0 Å². The van der Waals surface area contributed by atoms with E-state index in [9.17, 15) is 0 Å². The zero-order chi connectivity index (χ0) is 10.9. The van der Waals surface area contributed by atoms with Gasteiger partial charge in [-0.3, -0.25) is 0 Å². The van der Waals surface area contributed by atoms with Gasteiger partial charge in [-0.1, -0.05) is 13.3 Å². The van der Waals surface area contributed by atoms with Gasteiger partial charge in [0.25, 0.3) is 0 Å². The fraction of sp³-hybridized carbons (Fsp3) is 0.667. The molecule has 1 atom stereocenters. The molecule has 0 amide bonds. The summed E-state index contributed by atoms with van der Waals surface area (Å²) in [4.78, 5) is 0. The van der Waals surface area contributed by atoms with Gasteiger partial charge in [0.2, 0.25) is 0 Å². The standard InChI is InChI=1S/C12H21NOS/c1-3-5-12(14-2)6-4-8-13-11-7-9-15-10-11/h7,9-10,12-13H,3-6,8H2,1-2H3. The molecule has 1 N–H and O–H groups in total. The van der Waals surface area contributed by atoms with E-state index in [1.165, 1.54) is 24.9 Å². The Labute approximate surface area is 96.7 Å². The Balaban J connectivity index is 2.05. The third-order valence-corrected chi connectivity index (χ3v) is 3.18. The van der Waals surface area contributed by atoms with Gasteiger partial charge < -0.3 is 10.1 Å². The lowest BCUT2D eigenvalue weighted by atomic mass is 10.1. The minimum atomic E-state index is 0.444. The van der Waals surface area contributed by atoms with Crippen LogP contribution in [0, 0.1) is 0 Å². The number of nitrogens with one attached hydrogen (secondary N) is 1. The Hall–Kier alpha value is -0.540. The topological polar surface area (TPSA) is 21.3 Å². The Morgan fingerprint density at radius 2 is 2.33 bits per heavy atom. The summed E-state index contributed by atoms with van der Waals surface area (Å²) < 4.78 is 5.40. The summed E-state index contributed by atoms with van der Waals surface area (Å²) in [5, 5.41) is 7.63. The van der Waals surface area contributed by atoms with Gasteiger partial charge in [0.15, 0.2) is 0 Å². The highest BCUT2D eigenvalue weighted by molar-refractivity contribution is 7.08. The van der Waals surface area contributed by atoms with E-state index in [1.54, 1.807) is 11.3 Å². The molecule has 0 spiro atoms. The molecule has 86 valence electrons. The highest BCUT2D eigenvalue weighted by atomic mass is 32.1. The van der Waals surface area contributed by atoms with Gasteiger partial charge in [0.05, 0.1) is 6.10 Å². The van der Waals surface area contributed by atoms with Crippen LogP contribution in [0.15, 0.2) is 16.8 Å². The fourth-order valence-electron chi connectivity index (χ4n) is 1.63. The molecule has 1 aromatic rings. The van der Waals surface area contributed by atoms with Crippen LogP contribution < -0.4 is 5.32 Å². The summed E-state index contributed by atoms with van der Waals surface area (Å²) in [7, 11) is 1.81. The maximum absolute atomic E-state index is 5.40. The van der Waals surface area contributed by atoms with E-state index in [0.717, 1.165) is 13.0 Å². The lowest BCUT2D eigenvalue weighted by Gasteiger charge is -2.14. The van der Waals surface area contributed by atoms with Crippen molar-refractivity contribution in [3.05, 3.63) is 16.8 Å². The van der Waals surface area contributed by atoms with Crippen LogP contribution in [-0.2, 0) is 4.74 Å². The molecule has 1 rings (SSSR count). The van der Waals surface area contributed by atoms with Gasteiger partial charge in [-0.05, 0) is 30.7 Å². The maximum atomic E-state index is 5.40. The molecule has 0 aliphatic heterocycles. The molecule has 0 saturated heterocycles. The Morgan fingerprint density at radius 1 is 1.47 bits per heavy atom. The quantitative estimate of drug-likeness (QED) is 0.683. The van der Waals surface area contributed by atoms with E-state index in [4.69, 9.17) is 4.74 Å². The number of thiophene rings is 1. The first-order valence-electron chi connectivity index (χ1n) is 5.65. The molecule has 0 radical (unpaired) electrons. The Bertz CT molecular complexity index is 236. The van der Waals surface area contributed by atoms with Crippen molar-refractivity contribution in [1.82, 2.24) is 0 Å². The van der Waals surface area contributed by atoms with Crippen LogP contribution in [0.2, 0.25) is 0 Å². The molecule has 0 aromatic carbocycles. The van der Waals surface area contributed by atoms with Crippen molar-refractivity contribution in [1.29, 1.82) is 0 Å². The van der Waals surface area contributed by atoms with E-state index >= 15 is 0 Å². The van der Waals surface area contributed by atoms with Gasteiger partial charge in [0, 0.05) is 24.7 Å². The van der Waals surface area contributed by atoms with Crippen molar-refractivity contribution >= 4 is 17.0 Å². The zero-order valence-corrected chi connectivity index (χ0v) is 10.5. The molecule has 0 saturated carbocycles. The van der Waals surface area contributed by atoms with Crippen LogP contribution in [-0.4, -0.2) is 19.8 Å². The van der Waals surface area contributed by atoms with Crippen molar-refractivity contribution in [2.24, 2.45) is 0 Å². The molecular formula is C12H21NOS. The largest absolute Gasteiger partial charge is 0.384 e. The first-order valence-corrected chi connectivity index (χ1v) is 6.60. The molecule has 3 heteroatoms. The second-order valence-corrected chi connectivity index (χ2v) is 4.51. The van der Waals surface area contributed by atoms with Crippen molar-refractivity contribution in [3.8, 4) is 0 Å². The first kappa shape index (κ1) is 12.5. The number of hydrogen-bond donors (Lipinski definition) is 1. The summed E-state index contributed by atoms with van der Waals surface area (Å²) in [5.74, 6) is 0. The highest BCUT2D eigenvalue weighted by Crippen LogP contribution is 2.13. The monoisotopic (exact) mass is 227 g/mol. The molecular weight excluding hydrogens is 206 g/mol. The molecule has 1 aromatic heterocycles. The summed E-state index contributed by atoms with van der Waals surface area (Å²) in [5.41, 5.74) is 1.24. The van der Waals surface area contributed by atoms with Gasteiger partial charge in [-0.25, -0.2) is 0 Å². The lowest BCUT2D eigenvalue weighted by molar-refractivity contribution is 0.0864. The number of hydrogen-bond acceptors (Lipinski definition) is 3. The molecule has 2 nitrogen and oxygen atoms in total. The second-order valence-electron chi connectivity index (χ2n) is 3.73. The molecule has 0 aliphatic rings. The molecule has 1 heterocycles. The third kappa shape index (κ3) is 5.19. The summed E-state index contributed by atoms with van der Waals surface area (Å²) in [6.45, 7) is 3.25. The fourth-order valence-corrected chi connectivity index (χ4v) is 2.24. The molecule has 0 bridgehead atoms. The van der Waals surface area contributed by atoms with E-state index in [0.29, 0.717) is 6.10 Å². The summed E-state index contributed by atoms with van der Waals surface area (Å²) in [6.07, 6.45) is 5.15. The molecule has 15 heavy (non-hydrogen) atoms. The van der Waals surface area contributed by atoms with E-state index in [1.807, 2.05) is 7.11 Å². The van der Waals surface area contributed by atoms with Crippen LogP contribution in [0.3, 0.4) is 0 Å². The first-order chi connectivity index (χ1) is 7.36. The number of anilines is 1. The Kier molecular flexibility index (Phi) is 6.44. The number of rotatable bonds is 8. The minimum absolute atomic E-state index is 0.444. The van der Waals surface area contributed by atoms with E-state index < -0.39 is 0 Å². The zero-order valence-electron chi connectivity index (χ0n) is 9.66. The van der Waals surface area contributed by atoms with Gasteiger partial charge in [-0.15, -0.1) is 0 Å². The van der Waals surface area contributed by atoms with Crippen LogP contribution in [0.1, 0.15) is 32.6 Å². The van der Waals surface area contributed by atoms with Crippen molar-refractivity contribution in [3.63, 3.8) is 0 Å². The van der Waals surface area contributed by atoms with E-state index in [2.05, 4.69) is 29.1 Å². The summed E-state index contributed by atoms with van der Waals surface area (Å²) in [6, 6.07) is 2.12. The predicted octanol–water partition coefficient (Wildman–Crippen LogP) is 3.76. The minimum Gasteiger partial charge on any atom is -0.384 e. The third-order valence-electron chi connectivity index (χ3n) is 2.50. The number of ether oxygens (including phenoxy) is 1. The number of methoxy groups -OCH3 is 1. The average Bonchev–Trinajstić information content (AvgIpc) is 2.75. The van der Waals surface area contributed by atoms with Crippen LogP contribution in [0.5, 0.6) is 0 Å². The van der Waals surface area contributed by atoms with Crippen LogP contribution in [0.25, 0.3) is 0 Å². The van der Waals surface area contributed by atoms with Crippen molar-refractivity contribution in [2.45, 2.75) is 38.7 Å². The Morgan fingerprint density at radius 3 is 2.93 bits per heavy atom. The molecule has 0 aliphatic carbocycles. The van der Waals surface area contributed by atoms with Crippen molar-refractivity contribution < 1.29 is 4.74 Å². The van der Waals surface area contributed by atoms with Gasteiger partial charge >= 0.3 is 0 Å². The smallest absolute Gasteiger partial charge is 0.0572 e. The van der Waals surface area contributed by atoms with Crippen molar-refractivity contribution in [2.75, 3.05) is 19.0 Å². The highest BCUT2D eigenvalue weighted by Gasteiger charge is 2.04. The lowest BCUT2D eigenvalue weighted by Crippen LogP contribution is -2.12. The van der Waals surface area contributed by atoms with Gasteiger partial charge in [-0.2, -0.15) is 11.3 Å². The normalized spacial score (nSPS) is 12.7. The van der Waals surface area contributed by atoms with Gasteiger partial charge in [0.1, 0.15) is 0 Å². The average molecular weight is 227 g/mol. The predicted molar refractivity (Wildman–Crippen MR) is 67.7 cm³/mol. The van der Waals surface area contributed by atoms with Crippen LogP contribution in [0.4, 0.5) is 5.69 Å². The SMILES string of the molecule is CCCC(CCCNc1ccsc1)OC. The summed E-state index contributed by atoms with van der Waals surface area (Å²) >= 11 is 1.73. The second kappa shape index (κ2) is 7.71. The molecule has 0 fully saturated rings. The van der Waals surface area contributed by atoms with Crippen LogP contribution >= 0.6 is 11.3 Å².